The first-order chi connectivity index (χ1) is 15.8. The maximum Gasteiger partial charge on any atom is 0.254 e. The highest BCUT2D eigenvalue weighted by molar-refractivity contribution is 9.10. The van der Waals surface area contributed by atoms with Gasteiger partial charge in [0.2, 0.25) is 5.91 Å². The van der Waals surface area contributed by atoms with Gasteiger partial charge in [0.15, 0.2) is 11.5 Å². The third-order valence-electron chi connectivity index (χ3n) is 6.06. The summed E-state index contributed by atoms with van der Waals surface area (Å²) >= 11 is 3.46. The zero-order valence-electron chi connectivity index (χ0n) is 18.9. The highest BCUT2D eigenvalue weighted by Crippen LogP contribution is 2.44. The number of likely N-dealkylation sites (N-methyl/N-ethyl adjacent to an activating group) is 1. The molecule has 0 radical (unpaired) electrons. The van der Waals surface area contributed by atoms with Gasteiger partial charge >= 0.3 is 0 Å². The Labute approximate surface area is 201 Å². The van der Waals surface area contributed by atoms with Gasteiger partial charge in [0.1, 0.15) is 0 Å². The molecule has 1 aliphatic rings. The molecule has 0 saturated carbocycles. The molecule has 4 rings (SSSR count). The van der Waals surface area contributed by atoms with Gasteiger partial charge in [-0.2, -0.15) is 0 Å². The number of aryl methyl sites for hydroxylation is 1. The SMILES string of the molecule is COc1ccc([C@H]2[C@@H](C(=O)Nc3ccc(Br)cc3C)c3ccccc3C(=O)N2C)cc1OC. The van der Waals surface area contributed by atoms with Crippen LogP contribution in [0.2, 0.25) is 0 Å². The van der Waals surface area contributed by atoms with Crippen molar-refractivity contribution in [2.45, 2.75) is 18.9 Å². The second-order valence-electron chi connectivity index (χ2n) is 7.99. The predicted octanol–water partition coefficient (Wildman–Crippen LogP) is 5.32. The molecule has 33 heavy (non-hydrogen) atoms. The fourth-order valence-electron chi connectivity index (χ4n) is 4.39. The zero-order valence-corrected chi connectivity index (χ0v) is 20.5. The number of hydrogen-bond donors (Lipinski definition) is 1. The van der Waals surface area contributed by atoms with Crippen molar-refractivity contribution in [2.24, 2.45) is 0 Å². The van der Waals surface area contributed by atoms with Crippen molar-refractivity contribution in [1.82, 2.24) is 4.90 Å². The summed E-state index contributed by atoms with van der Waals surface area (Å²) in [5.74, 6) is 0.182. The first kappa shape index (κ1) is 22.9. The summed E-state index contributed by atoms with van der Waals surface area (Å²) in [5, 5.41) is 3.08. The normalized spacial score (nSPS) is 17.4. The van der Waals surface area contributed by atoms with E-state index in [1.165, 1.54) is 0 Å². The van der Waals surface area contributed by atoms with E-state index in [2.05, 4.69) is 21.2 Å². The minimum absolute atomic E-state index is 0.130. The molecule has 0 spiro atoms. The van der Waals surface area contributed by atoms with E-state index in [1.807, 2.05) is 55.5 Å². The Morgan fingerprint density at radius 1 is 1.00 bits per heavy atom. The van der Waals surface area contributed by atoms with Crippen LogP contribution in [0.15, 0.2) is 65.1 Å². The van der Waals surface area contributed by atoms with Crippen LogP contribution >= 0.6 is 15.9 Å². The molecule has 0 aliphatic carbocycles. The van der Waals surface area contributed by atoms with Gasteiger partial charge in [-0.3, -0.25) is 9.59 Å². The summed E-state index contributed by atoms with van der Waals surface area (Å²) in [6.45, 7) is 1.94. The summed E-state index contributed by atoms with van der Waals surface area (Å²) in [5.41, 5.74) is 3.68. The lowest BCUT2D eigenvalue weighted by Gasteiger charge is -2.40. The van der Waals surface area contributed by atoms with Crippen LogP contribution in [-0.2, 0) is 4.79 Å². The molecule has 2 amide bonds. The summed E-state index contributed by atoms with van der Waals surface area (Å²) in [7, 11) is 4.86. The molecule has 3 aromatic rings. The van der Waals surface area contributed by atoms with E-state index < -0.39 is 12.0 Å². The van der Waals surface area contributed by atoms with Crippen LogP contribution in [0.25, 0.3) is 0 Å². The fourth-order valence-corrected chi connectivity index (χ4v) is 4.86. The summed E-state index contributed by atoms with van der Waals surface area (Å²) in [6, 6.07) is 18.0. The Morgan fingerprint density at radius 2 is 1.73 bits per heavy atom. The molecule has 1 heterocycles. The maximum atomic E-state index is 13.8. The van der Waals surface area contributed by atoms with Crippen LogP contribution in [0.1, 0.15) is 39.0 Å². The predicted molar refractivity (Wildman–Crippen MR) is 131 cm³/mol. The molecular formula is C26H25BrN2O4. The van der Waals surface area contributed by atoms with Crippen molar-refractivity contribution >= 4 is 33.4 Å². The first-order valence-corrected chi connectivity index (χ1v) is 11.3. The second-order valence-corrected chi connectivity index (χ2v) is 8.90. The number of hydrogen-bond acceptors (Lipinski definition) is 4. The van der Waals surface area contributed by atoms with Gasteiger partial charge < -0.3 is 19.7 Å². The van der Waals surface area contributed by atoms with E-state index in [-0.39, 0.29) is 11.8 Å². The van der Waals surface area contributed by atoms with E-state index in [0.717, 1.165) is 21.3 Å². The van der Waals surface area contributed by atoms with Crippen molar-refractivity contribution in [1.29, 1.82) is 0 Å². The molecule has 6 nitrogen and oxygen atoms in total. The average molecular weight is 509 g/mol. The lowest BCUT2D eigenvalue weighted by atomic mass is 9.79. The van der Waals surface area contributed by atoms with Gasteiger partial charge in [-0.25, -0.2) is 0 Å². The smallest absolute Gasteiger partial charge is 0.254 e. The molecular weight excluding hydrogens is 484 g/mol. The Morgan fingerprint density at radius 3 is 2.42 bits per heavy atom. The van der Waals surface area contributed by atoms with Crippen LogP contribution in [0.5, 0.6) is 11.5 Å². The van der Waals surface area contributed by atoms with Gasteiger partial charge in [0, 0.05) is 22.8 Å². The lowest BCUT2D eigenvalue weighted by molar-refractivity contribution is -0.119. The number of anilines is 1. The summed E-state index contributed by atoms with van der Waals surface area (Å²) < 4.78 is 11.8. The molecule has 0 fully saturated rings. The van der Waals surface area contributed by atoms with Crippen LogP contribution in [0, 0.1) is 6.92 Å². The van der Waals surface area contributed by atoms with Crippen molar-refractivity contribution in [2.75, 3.05) is 26.6 Å². The number of rotatable bonds is 5. The molecule has 1 N–H and O–H groups in total. The zero-order chi connectivity index (χ0) is 23.7. The Kier molecular flexibility index (Phi) is 6.42. The lowest BCUT2D eigenvalue weighted by Crippen LogP contribution is -2.44. The topological polar surface area (TPSA) is 67.9 Å². The molecule has 7 heteroatoms. The maximum absolute atomic E-state index is 13.8. The Hall–Kier alpha value is -3.32. The number of nitrogens with zero attached hydrogens (tertiary/aromatic N) is 1. The molecule has 0 aromatic heterocycles. The molecule has 2 atom stereocenters. The number of carbonyl (C=O) groups excluding carboxylic acids is 2. The fraction of sp³-hybridized carbons (Fsp3) is 0.231. The Bertz CT molecular complexity index is 1230. The number of halogens is 1. The van der Waals surface area contributed by atoms with Crippen molar-refractivity contribution < 1.29 is 19.1 Å². The number of nitrogens with one attached hydrogen (secondary N) is 1. The number of carbonyl (C=O) groups is 2. The van der Waals surface area contributed by atoms with Crippen molar-refractivity contribution in [3.8, 4) is 11.5 Å². The van der Waals surface area contributed by atoms with Gasteiger partial charge in [0.05, 0.1) is 26.2 Å². The van der Waals surface area contributed by atoms with Gasteiger partial charge in [-0.1, -0.05) is 40.2 Å². The minimum Gasteiger partial charge on any atom is -0.493 e. The van der Waals surface area contributed by atoms with Gasteiger partial charge in [-0.15, -0.1) is 0 Å². The number of amides is 2. The third kappa shape index (κ3) is 4.20. The van der Waals surface area contributed by atoms with Crippen molar-refractivity contribution in [3.63, 3.8) is 0 Å². The summed E-state index contributed by atoms with van der Waals surface area (Å²) in [4.78, 5) is 28.6. The van der Waals surface area contributed by atoms with Gasteiger partial charge in [0.25, 0.3) is 5.91 Å². The molecule has 170 valence electrons. The van der Waals surface area contributed by atoms with Crippen LogP contribution < -0.4 is 14.8 Å². The van der Waals surface area contributed by atoms with E-state index in [1.54, 1.807) is 38.3 Å². The van der Waals surface area contributed by atoms with E-state index in [0.29, 0.717) is 22.6 Å². The monoisotopic (exact) mass is 508 g/mol. The number of benzene rings is 3. The van der Waals surface area contributed by atoms with E-state index in [4.69, 9.17) is 9.47 Å². The number of methoxy groups -OCH3 is 2. The molecule has 3 aromatic carbocycles. The molecule has 1 aliphatic heterocycles. The van der Waals surface area contributed by atoms with Crippen LogP contribution in [0.3, 0.4) is 0 Å². The largest absolute Gasteiger partial charge is 0.493 e. The molecule has 0 bridgehead atoms. The quantitative estimate of drug-likeness (QED) is 0.506. The van der Waals surface area contributed by atoms with Crippen molar-refractivity contribution in [3.05, 3.63) is 87.4 Å². The highest BCUT2D eigenvalue weighted by Gasteiger charge is 2.43. The Balaban J connectivity index is 1.83. The second kappa shape index (κ2) is 9.27. The number of fused-ring (bicyclic) bond motifs is 1. The average Bonchev–Trinajstić information content (AvgIpc) is 2.82. The standard InChI is InChI=1S/C26H25BrN2O4/c1-15-13-17(27)10-11-20(15)28-25(30)23-18-7-5-6-8-19(18)26(31)29(2)24(23)16-9-12-21(32-3)22(14-16)33-4/h5-14,23-24H,1-4H3,(H,28,30)/t23-,24-/m0/s1. The summed E-state index contributed by atoms with van der Waals surface area (Å²) in [6.07, 6.45) is 0. The molecule has 0 saturated heterocycles. The molecule has 0 unspecified atom stereocenters. The van der Waals surface area contributed by atoms with Crippen LogP contribution in [-0.4, -0.2) is 38.0 Å². The van der Waals surface area contributed by atoms with E-state index >= 15 is 0 Å². The third-order valence-corrected chi connectivity index (χ3v) is 6.55. The first-order valence-electron chi connectivity index (χ1n) is 10.5. The minimum atomic E-state index is -0.620. The van der Waals surface area contributed by atoms with E-state index in [9.17, 15) is 9.59 Å². The number of ether oxygens (including phenoxy) is 2. The van der Waals surface area contributed by atoms with Gasteiger partial charge in [-0.05, 0) is 60.0 Å². The highest BCUT2D eigenvalue weighted by atomic mass is 79.9. The van der Waals surface area contributed by atoms with Crippen LogP contribution in [0.4, 0.5) is 5.69 Å².